The molecule has 2 aromatic carbocycles. The second-order valence-corrected chi connectivity index (χ2v) is 7.92. The Kier molecular flexibility index (Phi) is 6.60. The van der Waals surface area contributed by atoms with Crippen LogP contribution in [0.2, 0.25) is 0 Å². The third-order valence-electron chi connectivity index (χ3n) is 5.71. The van der Waals surface area contributed by atoms with E-state index in [1.165, 1.54) is 11.1 Å². The van der Waals surface area contributed by atoms with E-state index >= 15 is 0 Å². The minimum absolute atomic E-state index is 0.0978. The SMILES string of the molecule is CCCn1nc(C(=O)NCC=C2CCN(Cc3ccccc3)CC2)c2ccccc21. The number of piperidine rings is 1. The number of likely N-dealkylation sites (tertiary alicyclic amines) is 1. The smallest absolute Gasteiger partial charge is 0.272 e. The van der Waals surface area contributed by atoms with E-state index in [1.807, 2.05) is 28.9 Å². The highest BCUT2D eigenvalue weighted by Gasteiger charge is 2.17. The summed E-state index contributed by atoms with van der Waals surface area (Å²) in [6, 6.07) is 18.6. The molecule has 0 saturated carbocycles. The van der Waals surface area contributed by atoms with Crippen LogP contribution in [0.5, 0.6) is 0 Å². The number of para-hydroxylation sites is 1. The van der Waals surface area contributed by atoms with Gasteiger partial charge >= 0.3 is 0 Å². The van der Waals surface area contributed by atoms with Crippen LogP contribution in [0.25, 0.3) is 10.9 Å². The molecule has 0 unspecified atom stereocenters. The highest BCUT2D eigenvalue weighted by atomic mass is 16.1. The Morgan fingerprint density at radius 2 is 1.80 bits per heavy atom. The first-order valence-corrected chi connectivity index (χ1v) is 10.9. The van der Waals surface area contributed by atoms with E-state index in [0.29, 0.717) is 12.2 Å². The summed E-state index contributed by atoms with van der Waals surface area (Å²) in [4.78, 5) is 15.2. The van der Waals surface area contributed by atoms with Gasteiger partial charge in [-0.25, -0.2) is 0 Å². The lowest BCUT2D eigenvalue weighted by molar-refractivity contribution is 0.0953. The first kappa shape index (κ1) is 20.4. The summed E-state index contributed by atoms with van der Waals surface area (Å²) in [5, 5.41) is 8.53. The van der Waals surface area contributed by atoms with E-state index in [-0.39, 0.29) is 5.91 Å². The van der Waals surface area contributed by atoms with Crippen molar-refractivity contribution < 1.29 is 4.79 Å². The monoisotopic (exact) mass is 402 g/mol. The number of hydrogen-bond acceptors (Lipinski definition) is 3. The number of hydrogen-bond donors (Lipinski definition) is 1. The van der Waals surface area contributed by atoms with Crippen LogP contribution in [0.1, 0.15) is 42.2 Å². The van der Waals surface area contributed by atoms with Crippen LogP contribution < -0.4 is 5.32 Å². The fraction of sp³-hybridized carbons (Fsp3) is 0.360. The molecule has 2 heterocycles. The molecule has 1 amide bonds. The molecule has 5 nitrogen and oxygen atoms in total. The van der Waals surface area contributed by atoms with Crippen molar-refractivity contribution in [1.82, 2.24) is 20.0 Å². The normalized spacial score (nSPS) is 14.8. The highest BCUT2D eigenvalue weighted by Crippen LogP contribution is 2.20. The summed E-state index contributed by atoms with van der Waals surface area (Å²) < 4.78 is 1.94. The van der Waals surface area contributed by atoms with Gasteiger partial charge in [0.2, 0.25) is 0 Å². The van der Waals surface area contributed by atoms with Gasteiger partial charge in [-0.05, 0) is 30.9 Å². The predicted octanol–water partition coefficient (Wildman–Crippen LogP) is 4.40. The van der Waals surface area contributed by atoms with Gasteiger partial charge in [0.25, 0.3) is 5.91 Å². The average molecular weight is 403 g/mol. The molecule has 1 aromatic heterocycles. The quantitative estimate of drug-likeness (QED) is 0.596. The van der Waals surface area contributed by atoms with E-state index < -0.39 is 0 Å². The van der Waals surface area contributed by atoms with Crippen LogP contribution in [0, 0.1) is 0 Å². The van der Waals surface area contributed by atoms with Crippen LogP contribution in [0.4, 0.5) is 0 Å². The van der Waals surface area contributed by atoms with Crippen molar-refractivity contribution in [3.05, 3.63) is 77.5 Å². The Morgan fingerprint density at radius 1 is 1.07 bits per heavy atom. The topological polar surface area (TPSA) is 50.2 Å². The maximum Gasteiger partial charge on any atom is 0.272 e. The number of fused-ring (bicyclic) bond motifs is 1. The van der Waals surface area contributed by atoms with Gasteiger partial charge in [0.15, 0.2) is 5.69 Å². The van der Waals surface area contributed by atoms with Crippen molar-refractivity contribution in [2.24, 2.45) is 0 Å². The summed E-state index contributed by atoms with van der Waals surface area (Å²) >= 11 is 0. The van der Waals surface area contributed by atoms with Crippen LogP contribution >= 0.6 is 0 Å². The zero-order valence-electron chi connectivity index (χ0n) is 17.7. The number of benzene rings is 2. The fourth-order valence-electron chi connectivity index (χ4n) is 4.09. The molecule has 5 heteroatoms. The molecule has 0 spiro atoms. The standard InChI is InChI=1S/C25H30N4O/c1-2-16-29-23-11-7-6-10-22(23)24(27-29)25(30)26-15-12-20-13-17-28(18-14-20)19-21-8-4-3-5-9-21/h3-12H,2,13-19H2,1H3,(H,26,30). The van der Waals surface area contributed by atoms with Crippen LogP contribution in [-0.2, 0) is 13.1 Å². The lowest BCUT2D eigenvalue weighted by atomic mass is 10.0. The molecule has 1 saturated heterocycles. The number of amides is 1. The van der Waals surface area contributed by atoms with Crippen LogP contribution in [-0.4, -0.2) is 40.2 Å². The average Bonchev–Trinajstić information content (AvgIpc) is 3.15. The van der Waals surface area contributed by atoms with Crippen molar-refractivity contribution in [3.8, 4) is 0 Å². The van der Waals surface area contributed by atoms with E-state index in [2.05, 4.69) is 58.6 Å². The maximum absolute atomic E-state index is 12.7. The third kappa shape index (κ3) is 4.79. The summed E-state index contributed by atoms with van der Waals surface area (Å²) in [6.45, 7) is 6.65. The Morgan fingerprint density at radius 3 is 2.57 bits per heavy atom. The fourth-order valence-corrected chi connectivity index (χ4v) is 4.09. The number of aryl methyl sites for hydroxylation is 1. The van der Waals surface area contributed by atoms with Crippen molar-refractivity contribution in [2.75, 3.05) is 19.6 Å². The molecule has 156 valence electrons. The number of aromatic nitrogens is 2. The number of nitrogens with zero attached hydrogens (tertiary/aromatic N) is 3. The lowest BCUT2D eigenvalue weighted by Crippen LogP contribution is -2.31. The van der Waals surface area contributed by atoms with Gasteiger partial charge in [0.1, 0.15) is 0 Å². The summed E-state index contributed by atoms with van der Waals surface area (Å²) in [7, 11) is 0. The Labute approximate surface area is 178 Å². The Hall–Kier alpha value is -2.92. The molecular formula is C25H30N4O. The molecule has 4 rings (SSSR count). The Bertz CT molecular complexity index is 1010. The van der Waals surface area contributed by atoms with Crippen molar-refractivity contribution in [1.29, 1.82) is 0 Å². The number of nitrogens with one attached hydrogen (secondary N) is 1. The molecule has 3 aromatic rings. The molecular weight excluding hydrogens is 372 g/mol. The number of carbonyl (C=O) groups is 1. The predicted molar refractivity (Wildman–Crippen MR) is 121 cm³/mol. The molecule has 0 aliphatic carbocycles. The molecule has 0 radical (unpaired) electrons. The minimum atomic E-state index is -0.0978. The van der Waals surface area contributed by atoms with Crippen molar-refractivity contribution in [2.45, 2.75) is 39.3 Å². The van der Waals surface area contributed by atoms with E-state index in [9.17, 15) is 4.79 Å². The molecule has 0 bridgehead atoms. The first-order valence-electron chi connectivity index (χ1n) is 10.9. The number of rotatable bonds is 7. The molecule has 1 aliphatic rings. The largest absolute Gasteiger partial charge is 0.347 e. The molecule has 1 fully saturated rings. The van der Waals surface area contributed by atoms with Crippen molar-refractivity contribution >= 4 is 16.8 Å². The minimum Gasteiger partial charge on any atom is -0.347 e. The van der Waals surface area contributed by atoms with E-state index in [1.54, 1.807) is 0 Å². The third-order valence-corrected chi connectivity index (χ3v) is 5.71. The number of carbonyl (C=O) groups excluding carboxylic acids is 1. The second kappa shape index (κ2) is 9.72. The Balaban J connectivity index is 1.31. The van der Waals surface area contributed by atoms with Crippen molar-refractivity contribution in [3.63, 3.8) is 0 Å². The van der Waals surface area contributed by atoms with Gasteiger partial charge in [-0.1, -0.05) is 67.1 Å². The zero-order valence-corrected chi connectivity index (χ0v) is 17.7. The van der Waals surface area contributed by atoms with Gasteiger partial charge in [-0.2, -0.15) is 5.10 Å². The van der Waals surface area contributed by atoms with E-state index in [0.717, 1.165) is 56.3 Å². The molecule has 1 N–H and O–H groups in total. The lowest BCUT2D eigenvalue weighted by Gasteiger charge is -2.28. The van der Waals surface area contributed by atoms with Crippen LogP contribution in [0.15, 0.2) is 66.2 Å². The van der Waals surface area contributed by atoms with E-state index in [4.69, 9.17) is 0 Å². The first-order chi connectivity index (χ1) is 14.7. The van der Waals surface area contributed by atoms with Gasteiger partial charge in [-0.15, -0.1) is 0 Å². The zero-order chi connectivity index (χ0) is 20.8. The molecule has 1 aliphatic heterocycles. The molecule has 0 atom stereocenters. The summed E-state index contributed by atoms with van der Waals surface area (Å²) in [5.74, 6) is -0.0978. The van der Waals surface area contributed by atoms with Crippen LogP contribution in [0.3, 0.4) is 0 Å². The van der Waals surface area contributed by atoms with Gasteiger partial charge in [0, 0.05) is 38.1 Å². The van der Waals surface area contributed by atoms with Gasteiger partial charge < -0.3 is 5.32 Å². The molecule has 30 heavy (non-hydrogen) atoms. The second-order valence-electron chi connectivity index (χ2n) is 7.92. The highest BCUT2D eigenvalue weighted by molar-refractivity contribution is 6.04. The summed E-state index contributed by atoms with van der Waals surface area (Å²) in [5.41, 5.74) is 4.34. The van der Waals surface area contributed by atoms with Gasteiger partial charge in [-0.3, -0.25) is 14.4 Å². The summed E-state index contributed by atoms with van der Waals surface area (Å²) in [6.07, 6.45) is 5.30. The van der Waals surface area contributed by atoms with Gasteiger partial charge in [0.05, 0.1) is 5.52 Å². The maximum atomic E-state index is 12.7.